The maximum absolute atomic E-state index is 13.3. The number of hydrogen-bond donors (Lipinski definition) is 2. The molecule has 0 fully saturated rings. The highest BCUT2D eigenvalue weighted by Gasteiger charge is 2.24. The Morgan fingerprint density at radius 3 is 2.37 bits per heavy atom. The lowest BCUT2D eigenvalue weighted by molar-refractivity contribution is -0.147. The summed E-state index contributed by atoms with van der Waals surface area (Å²) in [7, 11) is 0. The Kier molecular flexibility index (Phi) is 5.84. The summed E-state index contributed by atoms with van der Waals surface area (Å²) in [6.07, 6.45) is -3.55. The van der Waals surface area contributed by atoms with Gasteiger partial charge in [-0.3, -0.25) is 4.79 Å². The molecule has 2 N–H and O–H groups in total. The number of aliphatic hydroxyl groups excluding tert-OH is 2. The zero-order valence-corrected chi connectivity index (χ0v) is 11.7. The third-order valence-corrected chi connectivity index (χ3v) is 3.15. The number of rotatable bonds is 5. The maximum atomic E-state index is 13.3. The normalized spacial score (nSPS) is 14.0. The number of aliphatic hydroxyl groups is 2. The van der Waals surface area contributed by atoms with E-state index in [1.54, 1.807) is 6.92 Å². The predicted octanol–water partition coefficient (Wildman–Crippen LogP) is 2.07. The second kappa shape index (κ2) is 6.93. The van der Waals surface area contributed by atoms with Gasteiger partial charge in [-0.2, -0.15) is 0 Å². The quantitative estimate of drug-likeness (QED) is 0.637. The van der Waals surface area contributed by atoms with E-state index in [4.69, 9.17) is 0 Å². The fourth-order valence-electron chi connectivity index (χ4n) is 1.47. The second-order valence-electron chi connectivity index (χ2n) is 3.82. The van der Waals surface area contributed by atoms with Gasteiger partial charge >= 0.3 is 5.97 Å². The van der Waals surface area contributed by atoms with Crippen LogP contribution < -0.4 is 0 Å². The predicted molar refractivity (Wildman–Crippen MR) is 66.3 cm³/mol. The molecule has 0 heterocycles. The van der Waals surface area contributed by atoms with Crippen LogP contribution in [0.15, 0.2) is 16.6 Å². The minimum Gasteiger partial charge on any atom is -0.466 e. The van der Waals surface area contributed by atoms with Gasteiger partial charge in [-0.1, -0.05) is 0 Å². The smallest absolute Gasteiger partial charge is 0.308 e. The summed E-state index contributed by atoms with van der Waals surface area (Å²) >= 11 is 2.69. The SMILES string of the molecule is CCOC(=O)CC(O)C(O)c1cc(F)c(Br)c(F)c1. The van der Waals surface area contributed by atoms with Gasteiger partial charge in [0.25, 0.3) is 0 Å². The average molecular weight is 339 g/mol. The van der Waals surface area contributed by atoms with Crippen LogP contribution in [0.1, 0.15) is 25.0 Å². The zero-order chi connectivity index (χ0) is 14.6. The van der Waals surface area contributed by atoms with Crippen LogP contribution in [0.3, 0.4) is 0 Å². The molecular weight excluding hydrogens is 326 g/mol. The van der Waals surface area contributed by atoms with E-state index in [-0.39, 0.29) is 16.6 Å². The highest BCUT2D eigenvalue weighted by molar-refractivity contribution is 9.10. The Bertz CT molecular complexity index is 444. The van der Waals surface area contributed by atoms with Crippen LogP contribution in [-0.2, 0) is 9.53 Å². The van der Waals surface area contributed by atoms with E-state index in [1.807, 2.05) is 0 Å². The van der Waals surface area contributed by atoms with Crippen LogP contribution in [-0.4, -0.2) is 28.9 Å². The Labute approximate surface area is 117 Å². The number of hydrogen-bond acceptors (Lipinski definition) is 4. The molecular formula is C12H13BrF2O4. The first kappa shape index (κ1) is 16.0. The fourth-order valence-corrected chi connectivity index (χ4v) is 1.70. The summed E-state index contributed by atoms with van der Waals surface area (Å²) in [4.78, 5) is 11.1. The van der Waals surface area contributed by atoms with E-state index in [0.29, 0.717) is 0 Å². The first-order valence-electron chi connectivity index (χ1n) is 5.53. The molecule has 2 unspecified atom stereocenters. The molecule has 0 aliphatic carbocycles. The van der Waals surface area contributed by atoms with Gasteiger partial charge in [0, 0.05) is 0 Å². The Hall–Kier alpha value is -1.05. The monoisotopic (exact) mass is 338 g/mol. The van der Waals surface area contributed by atoms with Crippen molar-refractivity contribution >= 4 is 21.9 Å². The van der Waals surface area contributed by atoms with Crippen LogP contribution in [0.25, 0.3) is 0 Å². The summed E-state index contributed by atoms with van der Waals surface area (Å²) < 4.78 is 30.8. The Morgan fingerprint density at radius 2 is 1.89 bits per heavy atom. The van der Waals surface area contributed by atoms with Crippen LogP contribution in [0.5, 0.6) is 0 Å². The molecule has 0 aromatic heterocycles. The van der Waals surface area contributed by atoms with Crippen molar-refractivity contribution in [2.45, 2.75) is 25.6 Å². The molecule has 1 aromatic carbocycles. The third kappa shape index (κ3) is 4.22. The number of halogens is 3. The first-order chi connectivity index (χ1) is 8.86. The minimum absolute atomic E-state index is 0.142. The van der Waals surface area contributed by atoms with Crippen molar-refractivity contribution in [2.75, 3.05) is 6.61 Å². The van der Waals surface area contributed by atoms with Crippen molar-refractivity contribution in [1.29, 1.82) is 0 Å². The average Bonchev–Trinajstić information content (AvgIpc) is 2.34. The van der Waals surface area contributed by atoms with Crippen LogP contribution in [0, 0.1) is 11.6 Å². The van der Waals surface area contributed by atoms with Gasteiger partial charge in [0.2, 0.25) is 0 Å². The molecule has 0 amide bonds. The van der Waals surface area contributed by atoms with Crippen molar-refractivity contribution in [3.05, 3.63) is 33.8 Å². The molecule has 1 aromatic rings. The van der Waals surface area contributed by atoms with Crippen LogP contribution in [0.4, 0.5) is 8.78 Å². The Balaban J connectivity index is 2.82. The van der Waals surface area contributed by atoms with Crippen molar-refractivity contribution in [1.82, 2.24) is 0 Å². The molecule has 1 rings (SSSR count). The van der Waals surface area contributed by atoms with Gasteiger partial charge in [-0.05, 0) is 40.5 Å². The lowest BCUT2D eigenvalue weighted by atomic mass is 10.0. The lowest BCUT2D eigenvalue weighted by Gasteiger charge is -2.18. The molecule has 0 aliphatic rings. The maximum Gasteiger partial charge on any atom is 0.308 e. The van der Waals surface area contributed by atoms with Gasteiger partial charge in [-0.25, -0.2) is 8.78 Å². The van der Waals surface area contributed by atoms with Gasteiger partial charge in [0.15, 0.2) is 0 Å². The molecule has 4 nitrogen and oxygen atoms in total. The van der Waals surface area contributed by atoms with Crippen molar-refractivity contribution in [3.8, 4) is 0 Å². The number of benzene rings is 1. The molecule has 0 radical (unpaired) electrons. The number of esters is 1. The highest BCUT2D eigenvalue weighted by atomic mass is 79.9. The molecule has 19 heavy (non-hydrogen) atoms. The third-order valence-electron chi connectivity index (χ3n) is 2.39. The van der Waals surface area contributed by atoms with E-state index in [0.717, 1.165) is 12.1 Å². The van der Waals surface area contributed by atoms with Gasteiger partial charge < -0.3 is 14.9 Å². The molecule has 106 valence electrons. The van der Waals surface area contributed by atoms with Gasteiger partial charge in [0.05, 0.1) is 23.6 Å². The first-order valence-corrected chi connectivity index (χ1v) is 6.32. The van der Waals surface area contributed by atoms with E-state index >= 15 is 0 Å². The van der Waals surface area contributed by atoms with E-state index < -0.39 is 36.2 Å². The molecule has 0 aliphatic heterocycles. The summed E-state index contributed by atoms with van der Waals surface area (Å²) in [6, 6.07) is 1.76. The van der Waals surface area contributed by atoms with Gasteiger partial charge in [0.1, 0.15) is 17.7 Å². The number of ether oxygens (including phenoxy) is 1. The lowest BCUT2D eigenvalue weighted by Crippen LogP contribution is -2.23. The van der Waals surface area contributed by atoms with E-state index in [9.17, 15) is 23.8 Å². The van der Waals surface area contributed by atoms with Crippen LogP contribution >= 0.6 is 15.9 Å². The second-order valence-corrected chi connectivity index (χ2v) is 4.61. The highest BCUT2D eigenvalue weighted by Crippen LogP contribution is 2.26. The summed E-state index contributed by atoms with van der Waals surface area (Å²) in [5.41, 5.74) is -0.157. The minimum atomic E-state index is -1.58. The van der Waals surface area contributed by atoms with Crippen LogP contribution in [0.2, 0.25) is 0 Å². The molecule has 0 saturated carbocycles. The zero-order valence-electron chi connectivity index (χ0n) is 10.1. The fraction of sp³-hybridized carbons (Fsp3) is 0.417. The molecule has 2 atom stereocenters. The van der Waals surface area contributed by atoms with E-state index in [1.165, 1.54) is 0 Å². The largest absolute Gasteiger partial charge is 0.466 e. The molecule has 0 saturated heterocycles. The number of carbonyl (C=O) groups is 1. The van der Waals surface area contributed by atoms with Gasteiger partial charge in [-0.15, -0.1) is 0 Å². The van der Waals surface area contributed by atoms with Crippen molar-refractivity contribution < 1.29 is 28.5 Å². The Morgan fingerprint density at radius 1 is 1.37 bits per heavy atom. The molecule has 0 spiro atoms. The summed E-state index contributed by atoms with van der Waals surface area (Å²) in [5.74, 6) is -2.51. The summed E-state index contributed by atoms with van der Waals surface area (Å²) in [5, 5.41) is 19.4. The molecule has 7 heteroatoms. The van der Waals surface area contributed by atoms with Crippen molar-refractivity contribution in [3.63, 3.8) is 0 Å². The van der Waals surface area contributed by atoms with Crippen molar-refractivity contribution in [2.24, 2.45) is 0 Å². The number of carbonyl (C=O) groups excluding carboxylic acids is 1. The summed E-state index contributed by atoms with van der Waals surface area (Å²) in [6.45, 7) is 1.74. The standard InChI is InChI=1S/C12H13BrF2O4/c1-2-19-10(17)5-9(16)12(18)6-3-7(14)11(13)8(15)4-6/h3-4,9,12,16,18H,2,5H2,1H3. The molecule has 0 bridgehead atoms. The van der Waals surface area contributed by atoms with E-state index in [2.05, 4.69) is 20.7 Å². The topological polar surface area (TPSA) is 66.8 Å².